The fourth-order valence-electron chi connectivity index (χ4n) is 6.00. The van der Waals surface area contributed by atoms with Crippen LogP contribution in [-0.2, 0) is 16.0 Å². The first-order valence-electron chi connectivity index (χ1n) is 14.0. The molecule has 1 atom stereocenters. The molecule has 3 aromatic rings. The normalized spacial score (nSPS) is 15.7. The molecule has 216 valence electrons. The van der Waals surface area contributed by atoms with Gasteiger partial charge in [0.25, 0.3) is 0 Å². The first-order valence-corrected chi connectivity index (χ1v) is 14.0. The van der Waals surface area contributed by atoms with Gasteiger partial charge in [-0.2, -0.15) is 0 Å². The number of aromatic amines is 3. The molecule has 1 unspecified atom stereocenters. The van der Waals surface area contributed by atoms with Crippen LogP contribution in [0.5, 0.6) is 0 Å². The summed E-state index contributed by atoms with van der Waals surface area (Å²) in [6, 6.07) is -0.286. The molecule has 2 aliphatic heterocycles. The monoisotopic (exact) mass is 564 g/mol. The van der Waals surface area contributed by atoms with Gasteiger partial charge < -0.3 is 25.2 Å². The molecular weight excluding hydrogens is 528 g/mol. The van der Waals surface area contributed by atoms with Crippen LogP contribution in [0.15, 0.2) is 29.3 Å². The molecule has 0 amide bonds. The summed E-state index contributed by atoms with van der Waals surface area (Å²) in [6.45, 7) is 16.2. The zero-order valence-corrected chi connectivity index (χ0v) is 24.4. The van der Waals surface area contributed by atoms with Gasteiger partial charge in [-0.15, -0.1) is 0 Å². The molecular formula is C34H36N4O4. The number of hydrogen-bond acceptors (Lipinski definition) is 3. The highest BCUT2D eigenvalue weighted by atomic mass is 16.4. The predicted molar refractivity (Wildman–Crippen MR) is 168 cm³/mol. The molecule has 0 aromatic carbocycles. The Hall–Kier alpha value is -4.85. The average molecular weight is 565 g/mol. The van der Waals surface area contributed by atoms with Crippen LogP contribution in [0.3, 0.4) is 0 Å². The lowest BCUT2D eigenvalue weighted by molar-refractivity contribution is -0.137. The number of nitrogens with one attached hydrogen (secondary N) is 3. The van der Waals surface area contributed by atoms with E-state index in [1.165, 1.54) is 0 Å². The molecule has 8 heteroatoms. The molecule has 0 spiro atoms. The molecule has 2 aliphatic rings. The molecule has 8 nitrogen and oxygen atoms in total. The van der Waals surface area contributed by atoms with Crippen molar-refractivity contribution in [1.29, 1.82) is 0 Å². The van der Waals surface area contributed by atoms with Crippen LogP contribution in [0.4, 0.5) is 0 Å². The van der Waals surface area contributed by atoms with Gasteiger partial charge in [-0.25, -0.2) is 0 Å². The van der Waals surface area contributed by atoms with E-state index in [0.717, 1.165) is 77.3 Å². The third-order valence-corrected chi connectivity index (χ3v) is 8.46. The van der Waals surface area contributed by atoms with Crippen molar-refractivity contribution in [3.8, 4) is 0 Å². The Labute approximate surface area is 243 Å². The molecule has 5 N–H and O–H groups in total. The fraction of sp³-hybridized carbons (Fsp3) is 0.265. The molecule has 0 radical (unpaired) electrons. The van der Waals surface area contributed by atoms with Crippen molar-refractivity contribution in [3.05, 3.63) is 90.5 Å². The number of carboxylic acids is 2. The second-order valence-electron chi connectivity index (χ2n) is 11.0. The maximum absolute atomic E-state index is 11.5. The topological polar surface area (TPSA) is 134 Å². The largest absolute Gasteiger partial charge is 0.481 e. The number of allylic oxidation sites excluding steroid dienone is 1. The predicted octanol–water partition coefficient (Wildman–Crippen LogP) is 3.14. The summed E-state index contributed by atoms with van der Waals surface area (Å²) >= 11 is 0. The first kappa shape index (κ1) is 28.7. The van der Waals surface area contributed by atoms with E-state index in [1.54, 1.807) is 0 Å². The number of nitrogens with zero attached hydrogens (tertiary/aromatic N) is 1. The molecule has 42 heavy (non-hydrogen) atoms. The number of hydrogen-bond donors (Lipinski definition) is 5. The lowest BCUT2D eigenvalue weighted by Crippen LogP contribution is -2.16. The summed E-state index contributed by atoms with van der Waals surface area (Å²) in [4.78, 5) is 38.8. The molecule has 0 saturated carbocycles. The van der Waals surface area contributed by atoms with Crippen molar-refractivity contribution >= 4 is 54.1 Å². The van der Waals surface area contributed by atoms with Gasteiger partial charge in [-0.1, -0.05) is 25.3 Å². The minimum Gasteiger partial charge on any atom is -0.481 e. The number of H-pyrrole nitrogens is 3. The van der Waals surface area contributed by atoms with E-state index in [1.807, 2.05) is 38.2 Å². The third-order valence-electron chi connectivity index (χ3n) is 8.46. The van der Waals surface area contributed by atoms with Gasteiger partial charge in [0.2, 0.25) is 0 Å². The molecule has 5 rings (SSSR count). The van der Waals surface area contributed by atoms with Gasteiger partial charge >= 0.3 is 11.9 Å². The number of aliphatic carboxylic acids is 2. The zero-order valence-electron chi connectivity index (χ0n) is 24.4. The van der Waals surface area contributed by atoms with E-state index in [-0.39, 0.29) is 18.9 Å². The van der Waals surface area contributed by atoms with Gasteiger partial charge in [0.05, 0.1) is 11.8 Å². The molecule has 0 fully saturated rings. The molecule has 0 aliphatic carbocycles. The van der Waals surface area contributed by atoms with Gasteiger partial charge in [-0.3, -0.25) is 14.6 Å². The summed E-state index contributed by atoms with van der Waals surface area (Å²) in [7, 11) is 0. The van der Waals surface area contributed by atoms with Crippen molar-refractivity contribution in [3.63, 3.8) is 0 Å². The van der Waals surface area contributed by atoms with Crippen molar-refractivity contribution < 1.29 is 19.8 Å². The lowest BCUT2D eigenvalue weighted by atomic mass is 9.97. The number of aromatic nitrogens is 3. The maximum atomic E-state index is 11.5. The zero-order chi connectivity index (χ0) is 30.3. The highest BCUT2D eigenvalue weighted by Gasteiger charge is 2.24. The molecule has 0 saturated heterocycles. The van der Waals surface area contributed by atoms with Crippen LogP contribution in [0.25, 0.3) is 36.5 Å². The Morgan fingerprint density at radius 3 is 2.10 bits per heavy atom. The molecule has 5 heterocycles. The van der Waals surface area contributed by atoms with E-state index < -0.39 is 11.9 Å². The Morgan fingerprint density at radius 1 is 0.786 bits per heavy atom. The Balaban J connectivity index is 1.88. The third kappa shape index (κ3) is 5.16. The minimum absolute atomic E-state index is 0.0128. The number of fused-ring (bicyclic) bond motifs is 7. The summed E-state index contributed by atoms with van der Waals surface area (Å²) in [6.07, 6.45) is 12.5. The molecule has 3 aromatic heterocycles. The number of carboxylic acid groups (broad SMARTS) is 2. The lowest BCUT2D eigenvalue weighted by Gasteiger charge is -2.05. The Morgan fingerprint density at radius 2 is 1.43 bits per heavy atom. The van der Waals surface area contributed by atoms with Crippen LogP contribution in [-0.4, -0.2) is 48.9 Å². The highest BCUT2D eigenvalue weighted by Crippen LogP contribution is 2.27. The van der Waals surface area contributed by atoms with Gasteiger partial charge in [-0.05, 0) is 98.2 Å². The summed E-state index contributed by atoms with van der Waals surface area (Å²) in [5.74, 6) is -1.74. The standard InChI is InChI=1S/C34H36N4O4/c1-7-21-17(3)25-13-26-19(5)23(9-11-33(39)40)31(37-26)16-32-24(10-12-34(41)42)20(6)28(38-32)15-30-22(8-2)18(4)27(36-30)14-29(21)35-25/h7-8,13-16,26,35-36,38H,1-2,9-12H2,3-6H3,(H,39,40)(H,41,42). The summed E-state index contributed by atoms with van der Waals surface area (Å²) < 4.78 is 0. The van der Waals surface area contributed by atoms with Crippen LogP contribution in [0, 0.1) is 20.8 Å². The fourth-order valence-corrected chi connectivity index (χ4v) is 6.00. The van der Waals surface area contributed by atoms with E-state index in [2.05, 4.69) is 54.1 Å². The van der Waals surface area contributed by atoms with E-state index in [4.69, 9.17) is 4.99 Å². The van der Waals surface area contributed by atoms with Crippen LogP contribution >= 0.6 is 0 Å². The maximum Gasteiger partial charge on any atom is 0.303 e. The van der Waals surface area contributed by atoms with Crippen molar-refractivity contribution in [2.45, 2.75) is 59.4 Å². The quantitative estimate of drug-likeness (QED) is 0.287. The van der Waals surface area contributed by atoms with Gasteiger partial charge in [0.15, 0.2) is 0 Å². The second kappa shape index (κ2) is 11.2. The number of rotatable bonds is 8. The Bertz CT molecular complexity index is 1970. The Kier molecular flexibility index (Phi) is 7.65. The van der Waals surface area contributed by atoms with Crippen LogP contribution in [0.2, 0.25) is 0 Å². The van der Waals surface area contributed by atoms with E-state index >= 15 is 0 Å². The highest BCUT2D eigenvalue weighted by molar-refractivity contribution is 6.22. The van der Waals surface area contributed by atoms with Crippen LogP contribution in [0.1, 0.15) is 71.0 Å². The summed E-state index contributed by atoms with van der Waals surface area (Å²) in [5.41, 5.74) is 10.3. The number of carbonyl (C=O) groups is 2. The number of aliphatic imine (C=N–C) groups is 1. The van der Waals surface area contributed by atoms with E-state index in [0.29, 0.717) is 18.6 Å². The average Bonchev–Trinajstić information content (AvgIpc) is 3.59. The van der Waals surface area contributed by atoms with Crippen LogP contribution < -0.4 is 21.4 Å². The summed E-state index contributed by atoms with van der Waals surface area (Å²) in [5, 5.41) is 22.4. The molecule has 8 bridgehead atoms. The van der Waals surface area contributed by atoms with Crippen molar-refractivity contribution in [2.24, 2.45) is 4.99 Å². The van der Waals surface area contributed by atoms with Crippen molar-refractivity contribution in [2.75, 3.05) is 0 Å². The van der Waals surface area contributed by atoms with Gasteiger partial charge in [0, 0.05) is 56.8 Å². The first-order chi connectivity index (χ1) is 20.0. The van der Waals surface area contributed by atoms with Gasteiger partial charge in [0.1, 0.15) is 0 Å². The second-order valence-corrected chi connectivity index (χ2v) is 11.0. The SMILES string of the molecule is C=Cc1c2[nH]c(c1C)C=c1[nH]c(c(C)c1C=C)=CC1N=C(C=c3[nH]c(c(C)c3CCC(=O)O)=C2)C(CCC(=O)O)=C1C. The minimum atomic E-state index is -0.871. The van der Waals surface area contributed by atoms with Crippen molar-refractivity contribution in [1.82, 2.24) is 15.0 Å². The smallest absolute Gasteiger partial charge is 0.303 e. The van der Waals surface area contributed by atoms with E-state index in [9.17, 15) is 19.8 Å².